The number of nitrogens with zero attached hydrogens (tertiary/aromatic N) is 3. The highest BCUT2D eigenvalue weighted by atomic mass is 35.5. The van der Waals surface area contributed by atoms with Gasteiger partial charge in [-0.3, -0.25) is 9.69 Å². The lowest BCUT2D eigenvalue weighted by atomic mass is 10.1. The Morgan fingerprint density at radius 3 is 3.04 bits per heavy atom. The molecule has 138 valence electrons. The number of carbonyl (C=O) groups excluding carboxylic acids is 1. The fourth-order valence-electron chi connectivity index (χ4n) is 3.31. The van der Waals surface area contributed by atoms with Crippen molar-refractivity contribution in [1.29, 1.82) is 0 Å². The van der Waals surface area contributed by atoms with E-state index in [0.29, 0.717) is 17.5 Å². The summed E-state index contributed by atoms with van der Waals surface area (Å²) in [4.78, 5) is 18.4. The first-order valence-electron chi connectivity index (χ1n) is 8.92. The second-order valence-corrected chi connectivity index (χ2v) is 7.36. The van der Waals surface area contributed by atoms with Crippen LogP contribution in [0.4, 0.5) is 0 Å². The highest BCUT2D eigenvalue weighted by Crippen LogP contribution is 2.33. The van der Waals surface area contributed by atoms with Crippen molar-refractivity contribution in [3.8, 4) is 0 Å². The molecule has 1 saturated carbocycles. The van der Waals surface area contributed by atoms with Gasteiger partial charge in [0.2, 0.25) is 5.89 Å². The van der Waals surface area contributed by atoms with E-state index < -0.39 is 6.10 Å². The molecule has 2 aromatic rings. The van der Waals surface area contributed by atoms with Crippen molar-refractivity contribution in [2.24, 2.45) is 0 Å². The Labute approximate surface area is 156 Å². The molecule has 1 amide bonds. The van der Waals surface area contributed by atoms with Crippen LogP contribution in [-0.2, 0) is 0 Å². The van der Waals surface area contributed by atoms with E-state index in [9.17, 15) is 9.90 Å². The molecule has 2 aliphatic rings. The zero-order valence-corrected chi connectivity index (χ0v) is 15.0. The summed E-state index contributed by atoms with van der Waals surface area (Å²) in [6, 6.07) is 7.40. The number of aromatic nitrogens is 2. The lowest BCUT2D eigenvalue weighted by Gasteiger charge is -2.24. The number of halogens is 1. The molecule has 4 rings (SSSR count). The van der Waals surface area contributed by atoms with Crippen LogP contribution in [0.2, 0.25) is 5.02 Å². The first kappa shape index (κ1) is 17.5. The zero-order valence-electron chi connectivity index (χ0n) is 14.3. The number of amides is 1. The molecule has 2 N–H and O–H groups in total. The predicted molar refractivity (Wildman–Crippen MR) is 94.7 cm³/mol. The average Bonchev–Trinajstić information content (AvgIpc) is 3.10. The Balaban J connectivity index is 1.43. The lowest BCUT2D eigenvalue weighted by molar-refractivity contribution is 0.0937. The number of hydrogen-bond donors (Lipinski definition) is 2. The molecule has 1 aromatic carbocycles. The van der Waals surface area contributed by atoms with Crippen molar-refractivity contribution in [3.05, 3.63) is 46.6 Å². The molecular formula is C18H21ClN4O3. The van der Waals surface area contributed by atoms with Gasteiger partial charge in [-0.05, 0) is 49.9 Å². The Bertz CT molecular complexity index is 792. The van der Waals surface area contributed by atoms with Gasteiger partial charge in [0.05, 0.1) is 12.1 Å². The van der Waals surface area contributed by atoms with E-state index in [2.05, 4.69) is 20.4 Å². The number of nitrogens with one attached hydrogen (secondary N) is 1. The minimum absolute atomic E-state index is 0.0779. The summed E-state index contributed by atoms with van der Waals surface area (Å²) in [5, 5.41) is 17.8. The summed E-state index contributed by atoms with van der Waals surface area (Å²) < 4.78 is 5.34. The molecule has 26 heavy (non-hydrogen) atoms. The fraction of sp³-hybridized carbons (Fsp3) is 0.500. The molecule has 7 nitrogen and oxygen atoms in total. The summed E-state index contributed by atoms with van der Waals surface area (Å²) in [6.45, 7) is 1.27. The normalized spacial score (nSPS) is 21.7. The third-order valence-electron chi connectivity index (χ3n) is 4.85. The minimum atomic E-state index is -0.658. The third kappa shape index (κ3) is 3.90. The maximum atomic E-state index is 12.0. The van der Waals surface area contributed by atoms with Crippen LogP contribution < -0.4 is 5.32 Å². The van der Waals surface area contributed by atoms with Crippen LogP contribution in [0.1, 0.15) is 59.9 Å². The van der Waals surface area contributed by atoms with Crippen LogP contribution >= 0.6 is 11.6 Å². The molecule has 0 radical (unpaired) electrons. The summed E-state index contributed by atoms with van der Waals surface area (Å²) >= 11 is 6.01. The molecule has 1 saturated heterocycles. The van der Waals surface area contributed by atoms with Crippen molar-refractivity contribution in [2.45, 2.75) is 43.9 Å². The maximum Gasteiger partial charge on any atom is 0.292 e. The smallest absolute Gasteiger partial charge is 0.292 e. The summed E-state index contributed by atoms with van der Waals surface area (Å²) in [5.74, 6) is 0.224. The number of aliphatic hydroxyl groups is 1. The van der Waals surface area contributed by atoms with Gasteiger partial charge in [-0.2, -0.15) is 4.98 Å². The number of rotatable bonds is 6. The third-order valence-corrected chi connectivity index (χ3v) is 5.08. The van der Waals surface area contributed by atoms with Crippen LogP contribution in [0.5, 0.6) is 0 Å². The molecule has 2 heterocycles. The lowest BCUT2D eigenvalue weighted by Crippen LogP contribution is -2.29. The van der Waals surface area contributed by atoms with Gasteiger partial charge in [-0.1, -0.05) is 28.9 Å². The zero-order chi connectivity index (χ0) is 18.1. The topological polar surface area (TPSA) is 91.5 Å². The van der Waals surface area contributed by atoms with Crippen molar-refractivity contribution in [1.82, 2.24) is 20.4 Å². The van der Waals surface area contributed by atoms with Crippen LogP contribution in [0, 0.1) is 0 Å². The monoisotopic (exact) mass is 376 g/mol. The summed E-state index contributed by atoms with van der Waals surface area (Å²) in [6.07, 6.45) is 3.19. The molecule has 0 bridgehead atoms. The Hall–Kier alpha value is -1.96. The van der Waals surface area contributed by atoms with E-state index in [-0.39, 0.29) is 23.8 Å². The Kier molecular flexibility index (Phi) is 4.93. The van der Waals surface area contributed by atoms with E-state index in [4.69, 9.17) is 16.1 Å². The summed E-state index contributed by atoms with van der Waals surface area (Å²) in [7, 11) is 0. The van der Waals surface area contributed by atoms with Crippen LogP contribution in [-0.4, -0.2) is 45.2 Å². The highest BCUT2D eigenvalue weighted by molar-refractivity contribution is 6.30. The van der Waals surface area contributed by atoms with Gasteiger partial charge in [0.25, 0.3) is 11.7 Å². The second-order valence-electron chi connectivity index (χ2n) is 6.93. The molecule has 2 atom stereocenters. The van der Waals surface area contributed by atoms with Crippen molar-refractivity contribution >= 4 is 17.5 Å². The van der Waals surface area contributed by atoms with Crippen molar-refractivity contribution in [2.75, 3.05) is 13.1 Å². The minimum Gasteiger partial charge on any atom is -0.387 e. The first-order valence-corrected chi connectivity index (χ1v) is 9.30. The van der Waals surface area contributed by atoms with Crippen molar-refractivity contribution < 1.29 is 14.4 Å². The highest BCUT2D eigenvalue weighted by Gasteiger charge is 2.33. The molecule has 1 aromatic heterocycles. The Morgan fingerprint density at radius 2 is 2.27 bits per heavy atom. The van der Waals surface area contributed by atoms with E-state index in [1.807, 2.05) is 12.1 Å². The molecule has 8 heteroatoms. The fourth-order valence-corrected chi connectivity index (χ4v) is 3.50. The second kappa shape index (κ2) is 7.34. The molecular weight excluding hydrogens is 356 g/mol. The Morgan fingerprint density at radius 1 is 1.42 bits per heavy atom. The number of benzene rings is 1. The van der Waals surface area contributed by atoms with Crippen LogP contribution in [0.25, 0.3) is 0 Å². The quantitative estimate of drug-likeness (QED) is 0.804. The van der Waals surface area contributed by atoms with Crippen LogP contribution in [0.15, 0.2) is 28.8 Å². The first-order chi connectivity index (χ1) is 12.6. The number of β-amino-alcohol motifs (C(OH)–C–C–N with tert-alkyl or cyclic N) is 1. The number of carbonyl (C=O) groups is 1. The van der Waals surface area contributed by atoms with Gasteiger partial charge in [0.15, 0.2) is 0 Å². The van der Waals surface area contributed by atoms with Gasteiger partial charge >= 0.3 is 0 Å². The van der Waals surface area contributed by atoms with E-state index in [1.165, 1.54) is 0 Å². The van der Waals surface area contributed by atoms with Gasteiger partial charge < -0.3 is 14.9 Å². The SMILES string of the molecule is O=C(NC1CC1)c1noc(C2CCCN2CC(O)c2cccc(Cl)c2)n1. The largest absolute Gasteiger partial charge is 0.387 e. The molecule has 1 aliphatic heterocycles. The number of likely N-dealkylation sites (tertiary alicyclic amines) is 1. The van der Waals surface area contributed by atoms with E-state index in [0.717, 1.165) is 37.8 Å². The number of hydrogen-bond acceptors (Lipinski definition) is 6. The van der Waals surface area contributed by atoms with Gasteiger partial charge in [-0.15, -0.1) is 0 Å². The molecule has 2 fully saturated rings. The van der Waals surface area contributed by atoms with Gasteiger partial charge in [0.1, 0.15) is 0 Å². The van der Waals surface area contributed by atoms with E-state index in [1.54, 1.807) is 12.1 Å². The van der Waals surface area contributed by atoms with Gasteiger partial charge in [-0.25, -0.2) is 0 Å². The standard InChI is InChI=1S/C18H21ClN4O3/c19-12-4-1-3-11(9-12)15(24)10-23-8-2-5-14(23)18-21-16(22-26-18)17(25)20-13-6-7-13/h1,3-4,9,13-15,24H,2,5-8,10H2,(H,20,25). The molecule has 1 aliphatic carbocycles. The van der Waals surface area contributed by atoms with Crippen molar-refractivity contribution in [3.63, 3.8) is 0 Å². The van der Waals surface area contributed by atoms with E-state index >= 15 is 0 Å². The molecule has 0 spiro atoms. The van der Waals surface area contributed by atoms with Crippen LogP contribution in [0.3, 0.4) is 0 Å². The van der Waals surface area contributed by atoms with Gasteiger partial charge in [0, 0.05) is 17.6 Å². The molecule has 2 unspecified atom stereocenters. The predicted octanol–water partition coefficient (Wildman–Crippen LogP) is 2.49. The maximum absolute atomic E-state index is 12.0. The average molecular weight is 377 g/mol. The summed E-state index contributed by atoms with van der Waals surface area (Å²) in [5.41, 5.74) is 0.776. The number of aliphatic hydroxyl groups excluding tert-OH is 1.